The van der Waals surface area contributed by atoms with E-state index >= 15 is 0 Å². The van der Waals surface area contributed by atoms with Crippen molar-refractivity contribution in [2.24, 2.45) is 0 Å². The van der Waals surface area contributed by atoms with Gasteiger partial charge in [0.1, 0.15) is 11.5 Å². The summed E-state index contributed by atoms with van der Waals surface area (Å²) >= 11 is 5.84. The predicted octanol–water partition coefficient (Wildman–Crippen LogP) is 4.87. The first kappa shape index (κ1) is 16.0. The van der Waals surface area contributed by atoms with Crippen molar-refractivity contribution >= 4 is 34.6 Å². The third-order valence-corrected chi connectivity index (χ3v) is 3.46. The van der Waals surface area contributed by atoms with E-state index < -0.39 is 11.7 Å². The summed E-state index contributed by atoms with van der Waals surface area (Å²) in [5.74, 6) is -0.818. The van der Waals surface area contributed by atoms with Gasteiger partial charge in [0.05, 0.1) is 11.9 Å². The van der Waals surface area contributed by atoms with Gasteiger partial charge in [0, 0.05) is 16.4 Å². The van der Waals surface area contributed by atoms with Crippen LogP contribution in [0.2, 0.25) is 5.02 Å². The van der Waals surface area contributed by atoms with Gasteiger partial charge in [-0.05, 0) is 54.6 Å². The molecule has 4 nitrogen and oxygen atoms in total. The molecule has 3 rings (SSSR count). The van der Waals surface area contributed by atoms with Gasteiger partial charge in [-0.15, -0.1) is 0 Å². The van der Waals surface area contributed by atoms with Gasteiger partial charge < -0.3 is 10.6 Å². The average molecular weight is 342 g/mol. The first-order valence-corrected chi connectivity index (χ1v) is 7.53. The van der Waals surface area contributed by atoms with Crippen molar-refractivity contribution in [3.8, 4) is 0 Å². The second kappa shape index (κ2) is 7.10. The van der Waals surface area contributed by atoms with Gasteiger partial charge in [-0.3, -0.25) is 4.79 Å². The monoisotopic (exact) mass is 341 g/mol. The quantitative estimate of drug-likeness (QED) is 0.711. The number of halogens is 2. The molecule has 2 aromatic carbocycles. The lowest BCUT2D eigenvalue weighted by Crippen LogP contribution is -2.13. The van der Waals surface area contributed by atoms with E-state index in [0.717, 1.165) is 11.4 Å². The molecular formula is C18H13ClFN3O. The summed E-state index contributed by atoms with van der Waals surface area (Å²) in [5, 5.41) is 6.41. The number of benzene rings is 2. The van der Waals surface area contributed by atoms with Crippen molar-refractivity contribution in [1.82, 2.24) is 4.98 Å². The van der Waals surface area contributed by atoms with Gasteiger partial charge in [0.15, 0.2) is 0 Å². The van der Waals surface area contributed by atoms with Gasteiger partial charge in [-0.1, -0.05) is 17.7 Å². The number of hydrogen-bond acceptors (Lipinski definition) is 3. The molecule has 0 bridgehead atoms. The zero-order valence-electron chi connectivity index (χ0n) is 12.5. The lowest BCUT2D eigenvalue weighted by atomic mass is 10.2. The van der Waals surface area contributed by atoms with Crippen LogP contribution >= 0.6 is 11.6 Å². The van der Waals surface area contributed by atoms with Crippen LogP contribution in [0, 0.1) is 5.82 Å². The molecule has 1 amide bonds. The number of amides is 1. The number of carbonyl (C=O) groups is 1. The fourth-order valence-electron chi connectivity index (χ4n) is 2.06. The zero-order valence-corrected chi connectivity index (χ0v) is 13.2. The molecule has 3 aromatic rings. The topological polar surface area (TPSA) is 54.0 Å². The van der Waals surface area contributed by atoms with E-state index in [1.54, 1.807) is 36.5 Å². The summed E-state index contributed by atoms with van der Waals surface area (Å²) in [6.07, 6.45) is 1.55. The molecule has 0 unspecified atom stereocenters. The summed E-state index contributed by atoms with van der Waals surface area (Å²) < 4.78 is 13.1. The molecule has 1 aromatic heterocycles. The molecule has 0 fully saturated rings. The molecule has 0 radical (unpaired) electrons. The summed E-state index contributed by atoms with van der Waals surface area (Å²) in [7, 11) is 0. The van der Waals surface area contributed by atoms with Crippen molar-refractivity contribution in [3.63, 3.8) is 0 Å². The lowest BCUT2D eigenvalue weighted by Gasteiger charge is -2.08. The minimum Gasteiger partial charge on any atom is -0.354 e. The standard InChI is InChI=1S/C18H13ClFN3O/c19-12-4-6-14(7-5-12)22-16-8-9-17(21-11-16)18(24)23-15-3-1-2-13(20)10-15/h1-11,22H,(H,23,24). The Labute approximate surface area is 143 Å². The Kier molecular flexibility index (Phi) is 4.72. The van der Waals surface area contributed by atoms with Crippen LogP contribution in [0.1, 0.15) is 10.5 Å². The summed E-state index contributed by atoms with van der Waals surface area (Å²) in [6, 6.07) is 16.2. The van der Waals surface area contributed by atoms with Crippen LogP contribution in [0.15, 0.2) is 66.9 Å². The molecule has 0 aliphatic carbocycles. The number of carbonyl (C=O) groups excluding carboxylic acids is 1. The third kappa shape index (κ3) is 4.08. The SMILES string of the molecule is O=C(Nc1cccc(F)c1)c1ccc(Nc2ccc(Cl)cc2)cn1. The second-order valence-electron chi connectivity index (χ2n) is 5.03. The third-order valence-electron chi connectivity index (χ3n) is 3.21. The lowest BCUT2D eigenvalue weighted by molar-refractivity contribution is 0.102. The Hall–Kier alpha value is -2.92. The number of nitrogens with one attached hydrogen (secondary N) is 2. The maximum absolute atomic E-state index is 13.1. The van der Waals surface area contributed by atoms with Crippen LogP contribution in [-0.4, -0.2) is 10.9 Å². The van der Waals surface area contributed by atoms with Crippen molar-refractivity contribution in [2.45, 2.75) is 0 Å². The number of hydrogen-bond donors (Lipinski definition) is 2. The highest BCUT2D eigenvalue weighted by Crippen LogP contribution is 2.19. The molecule has 0 spiro atoms. The molecule has 1 heterocycles. The van der Waals surface area contributed by atoms with E-state index in [2.05, 4.69) is 15.6 Å². The number of rotatable bonds is 4. The van der Waals surface area contributed by atoms with E-state index in [-0.39, 0.29) is 5.69 Å². The van der Waals surface area contributed by atoms with Crippen LogP contribution < -0.4 is 10.6 Å². The Bertz CT molecular complexity index is 851. The van der Waals surface area contributed by atoms with Crippen LogP contribution in [0.5, 0.6) is 0 Å². The summed E-state index contributed by atoms with van der Waals surface area (Å²) in [4.78, 5) is 16.2. The van der Waals surface area contributed by atoms with E-state index in [9.17, 15) is 9.18 Å². The van der Waals surface area contributed by atoms with Gasteiger partial charge >= 0.3 is 0 Å². The Balaban J connectivity index is 1.67. The first-order valence-electron chi connectivity index (χ1n) is 7.16. The van der Waals surface area contributed by atoms with E-state index in [1.807, 2.05) is 12.1 Å². The first-order chi connectivity index (χ1) is 11.6. The van der Waals surface area contributed by atoms with Gasteiger partial charge in [0.2, 0.25) is 0 Å². The molecule has 0 saturated carbocycles. The number of pyridine rings is 1. The number of nitrogens with zero attached hydrogens (tertiary/aromatic N) is 1. The highest BCUT2D eigenvalue weighted by Gasteiger charge is 2.08. The van der Waals surface area contributed by atoms with Crippen LogP contribution in [0.4, 0.5) is 21.5 Å². The normalized spacial score (nSPS) is 10.2. The molecule has 2 N–H and O–H groups in total. The Morgan fingerprint density at radius 3 is 2.38 bits per heavy atom. The van der Waals surface area contributed by atoms with Crippen molar-refractivity contribution in [2.75, 3.05) is 10.6 Å². The van der Waals surface area contributed by atoms with Crippen LogP contribution in [0.3, 0.4) is 0 Å². The Morgan fingerprint density at radius 1 is 0.958 bits per heavy atom. The van der Waals surface area contributed by atoms with E-state index in [4.69, 9.17) is 11.6 Å². The minimum atomic E-state index is -0.414. The highest BCUT2D eigenvalue weighted by atomic mass is 35.5. The maximum atomic E-state index is 13.1. The van der Waals surface area contributed by atoms with Crippen LogP contribution in [-0.2, 0) is 0 Å². The Morgan fingerprint density at radius 2 is 1.71 bits per heavy atom. The summed E-state index contributed by atoms with van der Waals surface area (Å²) in [6.45, 7) is 0. The molecule has 0 atom stereocenters. The number of anilines is 3. The molecule has 0 aliphatic heterocycles. The largest absolute Gasteiger partial charge is 0.354 e. The van der Waals surface area contributed by atoms with Crippen LogP contribution in [0.25, 0.3) is 0 Å². The van der Waals surface area contributed by atoms with Gasteiger partial charge in [-0.2, -0.15) is 0 Å². The van der Waals surface area contributed by atoms with Crippen molar-refractivity contribution < 1.29 is 9.18 Å². The van der Waals surface area contributed by atoms with E-state index in [0.29, 0.717) is 10.7 Å². The molecular weight excluding hydrogens is 329 g/mol. The second-order valence-corrected chi connectivity index (χ2v) is 5.46. The highest BCUT2D eigenvalue weighted by molar-refractivity contribution is 6.30. The maximum Gasteiger partial charge on any atom is 0.274 e. The fraction of sp³-hybridized carbons (Fsp3) is 0. The molecule has 6 heteroatoms. The average Bonchev–Trinajstić information content (AvgIpc) is 2.57. The van der Waals surface area contributed by atoms with Gasteiger partial charge in [-0.25, -0.2) is 9.37 Å². The summed E-state index contributed by atoms with van der Waals surface area (Å²) in [5.41, 5.74) is 2.21. The molecule has 24 heavy (non-hydrogen) atoms. The molecule has 120 valence electrons. The fourth-order valence-corrected chi connectivity index (χ4v) is 2.19. The molecule has 0 saturated heterocycles. The van der Waals surface area contributed by atoms with Gasteiger partial charge in [0.25, 0.3) is 5.91 Å². The van der Waals surface area contributed by atoms with Crippen molar-refractivity contribution in [1.29, 1.82) is 0 Å². The van der Waals surface area contributed by atoms with Crippen molar-refractivity contribution in [3.05, 3.63) is 83.4 Å². The molecule has 0 aliphatic rings. The zero-order chi connectivity index (χ0) is 16.9. The number of aromatic nitrogens is 1. The smallest absolute Gasteiger partial charge is 0.274 e. The minimum absolute atomic E-state index is 0.237. The predicted molar refractivity (Wildman–Crippen MR) is 93.3 cm³/mol. The van der Waals surface area contributed by atoms with E-state index in [1.165, 1.54) is 18.2 Å².